The summed E-state index contributed by atoms with van der Waals surface area (Å²) in [6.45, 7) is 1.03. The number of halogens is 2. The first-order valence-corrected chi connectivity index (χ1v) is 10.8. The highest BCUT2D eigenvalue weighted by atomic mass is 35.5. The molecule has 0 radical (unpaired) electrons. The molecule has 3 N–H and O–H groups in total. The van der Waals surface area contributed by atoms with Crippen molar-refractivity contribution in [3.8, 4) is 11.5 Å². The molecule has 0 saturated carbocycles. The Labute approximate surface area is 208 Å². The number of aromatic amines is 1. The number of hydrogen-bond acceptors (Lipinski definition) is 6. The Morgan fingerprint density at radius 1 is 1.26 bits per heavy atom. The maximum atomic E-state index is 14.0. The summed E-state index contributed by atoms with van der Waals surface area (Å²) in [5.74, 6) is -1.27. The number of anilines is 2. The van der Waals surface area contributed by atoms with Crippen LogP contribution in [0.1, 0.15) is 27.0 Å². The quantitative estimate of drug-likeness (QED) is 0.318. The van der Waals surface area contributed by atoms with Gasteiger partial charge < -0.3 is 25.1 Å². The second kappa shape index (κ2) is 8.68. The van der Waals surface area contributed by atoms with E-state index in [0.717, 1.165) is 0 Å². The van der Waals surface area contributed by atoms with E-state index in [0.29, 0.717) is 22.4 Å². The van der Waals surface area contributed by atoms with Crippen LogP contribution in [0, 0.1) is 5.82 Å². The molecule has 0 aliphatic carbocycles. The number of benzene rings is 2. The topological polar surface area (TPSA) is 105 Å². The maximum absolute atomic E-state index is 14.0. The summed E-state index contributed by atoms with van der Waals surface area (Å²) in [7, 11) is -2.70. The average molecular weight is 498 g/mol. The highest BCUT2D eigenvalue weighted by Crippen LogP contribution is 2.39. The lowest BCUT2D eigenvalue weighted by atomic mass is 9.96. The summed E-state index contributed by atoms with van der Waals surface area (Å²) >= 11 is 6.43. The van der Waals surface area contributed by atoms with Crippen LogP contribution in [-0.2, 0) is 9.53 Å². The van der Waals surface area contributed by atoms with Crippen LogP contribution in [0.25, 0.3) is 11.0 Å². The molecule has 5 rings (SSSR count). The van der Waals surface area contributed by atoms with Crippen LogP contribution in [0.4, 0.5) is 15.8 Å². The predicted octanol–water partition coefficient (Wildman–Crippen LogP) is 5.15. The number of aromatic nitrogens is 2. The van der Waals surface area contributed by atoms with Crippen LogP contribution >= 0.6 is 11.6 Å². The number of carbonyl (C=O) groups is 2. The second-order valence-corrected chi connectivity index (χ2v) is 8.58. The smallest absolute Gasteiger partial charge is 0.252 e. The van der Waals surface area contributed by atoms with Crippen molar-refractivity contribution in [3.05, 3.63) is 76.8 Å². The van der Waals surface area contributed by atoms with E-state index in [1.54, 1.807) is 6.07 Å². The van der Waals surface area contributed by atoms with Crippen LogP contribution in [0.2, 0.25) is 5.02 Å². The van der Waals surface area contributed by atoms with Gasteiger partial charge in [0.05, 0.1) is 44.3 Å². The Kier molecular flexibility index (Phi) is 4.80. The number of amides is 1. The highest BCUT2D eigenvalue weighted by Gasteiger charge is 2.39. The van der Waals surface area contributed by atoms with Gasteiger partial charge in [0, 0.05) is 24.9 Å². The zero-order valence-electron chi connectivity index (χ0n) is 21.2. The van der Waals surface area contributed by atoms with E-state index in [9.17, 15) is 14.0 Å². The SMILES string of the molecule is [2H]C([2H])([2H])OC[C@]1(C)Nc2c(cnc3[nH]cc(C(=O)c4ccc(Oc5ccccc5F)cc4Cl)c23)NC1=O. The molecule has 8 nitrogen and oxygen atoms in total. The lowest BCUT2D eigenvalue weighted by molar-refractivity contribution is -0.121. The number of rotatable bonds is 6. The van der Waals surface area contributed by atoms with Crippen molar-refractivity contribution in [1.29, 1.82) is 0 Å². The van der Waals surface area contributed by atoms with E-state index in [1.807, 2.05) is 0 Å². The minimum atomic E-state index is -2.70. The fourth-order valence-corrected chi connectivity index (χ4v) is 4.14. The zero-order valence-corrected chi connectivity index (χ0v) is 19.0. The third-order valence-electron chi connectivity index (χ3n) is 5.71. The van der Waals surface area contributed by atoms with Crippen molar-refractivity contribution < 1.29 is 27.6 Å². The Balaban J connectivity index is 1.49. The van der Waals surface area contributed by atoms with Crippen molar-refractivity contribution in [1.82, 2.24) is 9.97 Å². The number of ether oxygens (including phenoxy) is 2. The maximum Gasteiger partial charge on any atom is 0.252 e. The standard InChI is InChI=1S/C25H20ClFN4O4/c1-25(12-34-2)24(33)30-18-11-29-23-20(21(18)31-25)15(10-28-23)22(32)14-8-7-13(9-16(14)26)35-19-6-4-3-5-17(19)27/h3-11,31H,12H2,1-2H3,(H,28,29)(H,30,33)/t25-/m0/s1/i2D3. The summed E-state index contributed by atoms with van der Waals surface area (Å²) < 4.78 is 46.3. The Morgan fingerprint density at radius 3 is 2.86 bits per heavy atom. The van der Waals surface area contributed by atoms with Crippen LogP contribution < -0.4 is 15.4 Å². The molecule has 4 aromatic rings. The monoisotopic (exact) mass is 497 g/mol. The van der Waals surface area contributed by atoms with Crippen LogP contribution in [0.15, 0.2) is 54.9 Å². The normalized spacial score (nSPS) is 18.6. The van der Waals surface area contributed by atoms with Crippen molar-refractivity contribution in [2.24, 2.45) is 0 Å². The molecule has 0 unspecified atom stereocenters. The molecule has 0 bridgehead atoms. The van der Waals surface area contributed by atoms with Gasteiger partial charge >= 0.3 is 0 Å². The van der Waals surface area contributed by atoms with E-state index in [4.69, 9.17) is 25.2 Å². The van der Waals surface area contributed by atoms with Crippen LogP contribution in [-0.4, -0.2) is 40.8 Å². The number of hydrogen-bond donors (Lipinski definition) is 3. The van der Waals surface area contributed by atoms with Crippen molar-refractivity contribution in [3.63, 3.8) is 0 Å². The Morgan fingerprint density at radius 2 is 2.09 bits per heavy atom. The molecule has 1 aliphatic heterocycles. The molecule has 0 spiro atoms. The molecule has 10 heteroatoms. The van der Waals surface area contributed by atoms with Gasteiger partial charge in [0.25, 0.3) is 5.91 Å². The molecule has 1 atom stereocenters. The molecule has 2 aromatic carbocycles. The lowest BCUT2D eigenvalue weighted by Crippen LogP contribution is -2.53. The summed E-state index contributed by atoms with van der Waals surface area (Å²) in [6.07, 6.45) is 2.88. The van der Waals surface area contributed by atoms with E-state index in [-0.39, 0.29) is 27.6 Å². The van der Waals surface area contributed by atoms with Gasteiger partial charge in [-0.15, -0.1) is 0 Å². The van der Waals surface area contributed by atoms with Gasteiger partial charge in [-0.2, -0.15) is 0 Å². The van der Waals surface area contributed by atoms with Crippen molar-refractivity contribution >= 4 is 45.7 Å². The third-order valence-corrected chi connectivity index (χ3v) is 6.02. The molecule has 1 amide bonds. The van der Waals surface area contributed by atoms with Crippen molar-refractivity contribution in [2.45, 2.75) is 12.5 Å². The molecule has 2 aromatic heterocycles. The molecule has 0 saturated heterocycles. The number of fused-ring (bicyclic) bond motifs is 3. The molecule has 0 fully saturated rings. The number of H-pyrrole nitrogens is 1. The molecule has 35 heavy (non-hydrogen) atoms. The number of pyridine rings is 1. The number of carbonyl (C=O) groups excluding carboxylic acids is 2. The van der Waals surface area contributed by atoms with Gasteiger partial charge in [0.1, 0.15) is 16.9 Å². The first-order valence-electron chi connectivity index (χ1n) is 12.0. The summed E-state index contributed by atoms with van der Waals surface area (Å²) in [5, 5.41) is 6.18. The third kappa shape index (κ3) is 3.98. The molecule has 178 valence electrons. The lowest BCUT2D eigenvalue weighted by Gasteiger charge is -2.35. The fourth-order valence-electron chi connectivity index (χ4n) is 3.88. The molecule has 1 aliphatic rings. The van der Waals surface area contributed by atoms with E-state index in [2.05, 4.69) is 20.6 Å². The zero-order chi connectivity index (χ0) is 27.2. The minimum Gasteiger partial charge on any atom is -0.454 e. The summed E-state index contributed by atoms with van der Waals surface area (Å²) in [6, 6.07) is 10.3. The largest absolute Gasteiger partial charge is 0.454 e. The first kappa shape index (κ1) is 19.4. The van der Waals surface area contributed by atoms with Gasteiger partial charge in [-0.25, -0.2) is 9.37 Å². The Hall–Kier alpha value is -3.95. The summed E-state index contributed by atoms with van der Waals surface area (Å²) in [5.41, 5.74) is -0.0632. The van der Waals surface area contributed by atoms with Gasteiger partial charge in [0.15, 0.2) is 17.3 Å². The summed E-state index contributed by atoms with van der Waals surface area (Å²) in [4.78, 5) is 33.5. The van der Waals surface area contributed by atoms with E-state index < -0.39 is 36.7 Å². The highest BCUT2D eigenvalue weighted by molar-refractivity contribution is 6.36. The van der Waals surface area contributed by atoms with Gasteiger partial charge in [-0.05, 0) is 31.2 Å². The second-order valence-electron chi connectivity index (χ2n) is 8.18. The van der Waals surface area contributed by atoms with E-state index in [1.165, 1.54) is 55.7 Å². The predicted molar refractivity (Wildman–Crippen MR) is 130 cm³/mol. The van der Waals surface area contributed by atoms with Crippen molar-refractivity contribution in [2.75, 3.05) is 24.3 Å². The molecular weight excluding hydrogens is 475 g/mol. The Bertz CT molecular complexity index is 1590. The van der Waals surface area contributed by atoms with Gasteiger partial charge in [-0.3, -0.25) is 9.59 Å². The molecular formula is C25H20ClFN4O4. The first-order chi connectivity index (χ1) is 17.9. The number of nitrogens with zero attached hydrogens (tertiary/aromatic N) is 1. The number of methoxy groups -OCH3 is 1. The van der Waals surface area contributed by atoms with Gasteiger partial charge in [0.2, 0.25) is 0 Å². The number of ketones is 1. The fraction of sp³-hybridized carbons (Fsp3) is 0.160. The minimum absolute atomic E-state index is 0.00983. The van der Waals surface area contributed by atoms with Gasteiger partial charge in [-0.1, -0.05) is 23.7 Å². The van der Waals surface area contributed by atoms with E-state index >= 15 is 0 Å². The van der Waals surface area contributed by atoms with Crippen LogP contribution in [0.3, 0.4) is 0 Å². The number of nitrogens with one attached hydrogen (secondary N) is 3. The van der Waals surface area contributed by atoms with Crippen LogP contribution in [0.5, 0.6) is 11.5 Å². The molecule has 3 heterocycles. The number of para-hydroxylation sites is 1. The average Bonchev–Trinajstić information content (AvgIpc) is 3.29.